The molecule has 0 aliphatic rings. The van der Waals surface area contributed by atoms with Gasteiger partial charge in [-0.2, -0.15) is 5.10 Å². The van der Waals surface area contributed by atoms with Crippen LogP contribution >= 0.6 is 0 Å². The zero-order valence-corrected chi connectivity index (χ0v) is 10.5. The van der Waals surface area contributed by atoms with E-state index < -0.39 is 0 Å². The van der Waals surface area contributed by atoms with Crippen molar-refractivity contribution in [2.45, 2.75) is 39.3 Å². The molecule has 4 heteroatoms. The highest BCUT2D eigenvalue weighted by atomic mass is 16.5. The van der Waals surface area contributed by atoms with Gasteiger partial charge in [0.15, 0.2) is 0 Å². The van der Waals surface area contributed by atoms with E-state index in [0.29, 0.717) is 5.92 Å². The molecule has 16 heavy (non-hydrogen) atoms. The van der Waals surface area contributed by atoms with Crippen molar-refractivity contribution >= 4 is 0 Å². The predicted molar refractivity (Wildman–Crippen MR) is 65.1 cm³/mol. The Balaban J connectivity index is 2.48. The summed E-state index contributed by atoms with van der Waals surface area (Å²) in [6.07, 6.45) is 5.95. The third-order valence-corrected chi connectivity index (χ3v) is 2.64. The minimum Gasteiger partial charge on any atom is -0.384 e. The van der Waals surface area contributed by atoms with E-state index in [2.05, 4.69) is 18.9 Å². The molecule has 1 aromatic heterocycles. The van der Waals surface area contributed by atoms with Crippen LogP contribution in [0.15, 0.2) is 12.4 Å². The van der Waals surface area contributed by atoms with Gasteiger partial charge in [-0.3, -0.25) is 4.68 Å². The summed E-state index contributed by atoms with van der Waals surface area (Å²) in [7, 11) is 1.72. The lowest BCUT2D eigenvalue weighted by Gasteiger charge is -2.15. The van der Waals surface area contributed by atoms with Crippen LogP contribution in [-0.2, 0) is 11.3 Å². The second-order valence-electron chi connectivity index (χ2n) is 4.44. The monoisotopic (exact) mass is 225 g/mol. The highest BCUT2D eigenvalue weighted by molar-refractivity contribution is 5.09. The second-order valence-corrected chi connectivity index (χ2v) is 4.44. The molecule has 2 atom stereocenters. The first kappa shape index (κ1) is 13.2. The van der Waals surface area contributed by atoms with E-state index in [1.54, 1.807) is 7.11 Å². The molecule has 0 radical (unpaired) electrons. The molecule has 0 fully saturated rings. The van der Waals surface area contributed by atoms with Crippen LogP contribution in [0.1, 0.15) is 38.3 Å². The van der Waals surface area contributed by atoms with Crippen LogP contribution in [0.25, 0.3) is 0 Å². The number of ether oxygens (including phenoxy) is 1. The van der Waals surface area contributed by atoms with Crippen molar-refractivity contribution in [2.75, 3.05) is 13.7 Å². The van der Waals surface area contributed by atoms with Crippen LogP contribution in [-0.4, -0.2) is 23.5 Å². The standard InChI is InChI=1S/C12H23N3O/c1-4-5-15-8-11(7-14-15)12(13)6-10(2)9-16-3/h7-8,10,12H,4-6,9,13H2,1-3H3. The lowest BCUT2D eigenvalue weighted by atomic mass is 9.99. The van der Waals surface area contributed by atoms with Crippen molar-refractivity contribution in [1.29, 1.82) is 0 Å². The number of aromatic nitrogens is 2. The zero-order valence-electron chi connectivity index (χ0n) is 10.5. The first-order valence-corrected chi connectivity index (χ1v) is 5.94. The van der Waals surface area contributed by atoms with Gasteiger partial charge in [-0.1, -0.05) is 13.8 Å². The molecule has 1 aromatic rings. The SMILES string of the molecule is CCCn1cc(C(N)CC(C)COC)cn1. The van der Waals surface area contributed by atoms with Crippen LogP contribution in [0.2, 0.25) is 0 Å². The van der Waals surface area contributed by atoms with Crippen LogP contribution < -0.4 is 5.73 Å². The van der Waals surface area contributed by atoms with Crippen LogP contribution in [0.4, 0.5) is 0 Å². The van der Waals surface area contributed by atoms with Crippen molar-refractivity contribution in [1.82, 2.24) is 9.78 Å². The van der Waals surface area contributed by atoms with Crippen molar-refractivity contribution in [3.63, 3.8) is 0 Å². The fourth-order valence-electron chi connectivity index (χ4n) is 1.84. The summed E-state index contributed by atoms with van der Waals surface area (Å²) >= 11 is 0. The first-order chi connectivity index (χ1) is 7.67. The molecule has 0 bridgehead atoms. The molecule has 0 amide bonds. The molecule has 0 saturated carbocycles. The minimum absolute atomic E-state index is 0.0655. The van der Waals surface area contributed by atoms with Gasteiger partial charge < -0.3 is 10.5 Å². The number of rotatable bonds is 7. The van der Waals surface area contributed by atoms with E-state index in [9.17, 15) is 0 Å². The van der Waals surface area contributed by atoms with Gasteiger partial charge in [0.25, 0.3) is 0 Å². The molecular formula is C12H23N3O. The van der Waals surface area contributed by atoms with Gasteiger partial charge in [0, 0.05) is 38.1 Å². The van der Waals surface area contributed by atoms with Gasteiger partial charge in [-0.25, -0.2) is 0 Å². The summed E-state index contributed by atoms with van der Waals surface area (Å²) in [4.78, 5) is 0. The fraction of sp³-hybridized carbons (Fsp3) is 0.750. The molecular weight excluding hydrogens is 202 g/mol. The summed E-state index contributed by atoms with van der Waals surface area (Å²) < 4.78 is 7.06. The molecule has 0 spiro atoms. The Morgan fingerprint density at radius 2 is 2.31 bits per heavy atom. The molecule has 0 aliphatic carbocycles. The summed E-state index contributed by atoms with van der Waals surface area (Å²) in [5, 5.41) is 4.29. The summed E-state index contributed by atoms with van der Waals surface area (Å²) in [5.74, 6) is 0.481. The van der Waals surface area contributed by atoms with E-state index >= 15 is 0 Å². The number of methoxy groups -OCH3 is 1. The average Bonchev–Trinajstić information content (AvgIpc) is 2.67. The Labute approximate surface area is 97.8 Å². The number of nitrogens with zero attached hydrogens (tertiary/aromatic N) is 2. The van der Waals surface area contributed by atoms with Crippen LogP contribution in [0.5, 0.6) is 0 Å². The maximum atomic E-state index is 6.13. The van der Waals surface area contributed by atoms with Crippen molar-refractivity contribution in [3.8, 4) is 0 Å². The molecule has 0 aliphatic heterocycles. The Morgan fingerprint density at radius 1 is 1.56 bits per heavy atom. The lowest BCUT2D eigenvalue weighted by Crippen LogP contribution is -2.16. The molecule has 2 N–H and O–H groups in total. The van der Waals surface area contributed by atoms with E-state index in [1.807, 2.05) is 17.1 Å². The zero-order chi connectivity index (χ0) is 12.0. The minimum atomic E-state index is 0.0655. The Bertz CT molecular complexity index is 298. The van der Waals surface area contributed by atoms with Gasteiger partial charge >= 0.3 is 0 Å². The highest BCUT2D eigenvalue weighted by Crippen LogP contribution is 2.18. The van der Waals surface area contributed by atoms with E-state index in [4.69, 9.17) is 10.5 Å². The summed E-state index contributed by atoms with van der Waals surface area (Å²) in [6, 6.07) is 0.0655. The number of aryl methyl sites for hydroxylation is 1. The maximum Gasteiger partial charge on any atom is 0.0537 e. The van der Waals surface area contributed by atoms with Crippen LogP contribution in [0, 0.1) is 5.92 Å². The maximum absolute atomic E-state index is 6.13. The van der Waals surface area contributed by atoms with Crippen molar-refractivity contribution in [2.24, 2.45) is 11.7 Å². The van der Waals surface area contributed by atoms with E-state index in [0.717, 1.165) is 31.6 Å². The number of hydrogen-bond acceptors (Lipinski definition) is 3. The highest BCUT2D eigenvalue weighted by Gasteiger charge is 2.12. The first-order valence-electron chi connectivity index (χ1n) is 5.94. The van der Waals surface area contributed by atoms with Gasteiger partial charge in [0.05, 0.1) is 6.20 Å². The third kappa shape index (κ3) is 3.94. The predicted octanol–water partition coefficient (Wildman–Crippen LogP) is 1.97. The van der Waals surface area contributed by atoms with Gasteiger partial charge in [-0.05, 0) is 18.8 Å². The largest absolute Gasteiger partial charge is 0.384 e. The number of nitrogens with two attached hydrogens (primary N) is 1. The molecule has 0 saturated heterocycles. The van der Waals surface area contributed by atoms with Crippen molar-refractivity contribution < 1.29 is 4.74 Å². The van der Waals surface area contributed by atoms with Gasteiger partial charge in [0.1, 0.15) is 0 Å². The quantitative estimate of drug-likeness (QED) is 0.772. The second kappa shape index (κ2) is 6.66. The van der Waals surface area contributed by atoms with E-state index in [-0.39, 0.29) is 6.04 Å². The molecule has 4 nitrogen and oxygen atoms in total. The molecule has 1 rings (SSSR count). The van der Waals surface area contributed by atoms with Gasteiger partial charge in [-0.15, -0.1) is 0 Å². The Hall–Kier alpha value is -0.870. The summed E-state index contributed by atoms with van der Waals surface area (Å²) in [5.41, 5.74) is 7.25. The lowest BCUT2D eigenvalue weighted by molar-refractivity contribution is 0.152. The molecule has 92 valence electrons. The Kier molecular flexibility index (Phi) is 5.49. The smallest absolute Gasteiger partial charge is 0.0537 e. The molecule has 1 heterocycles. The third-order valence-electron chi connectivity index (χ3n) is 2.64. The summed E-state index contributed by atoms with van der Waals surface area (Å²) in [6.45, 7) is 6.01. The normalized spacial score (nSPS) is 15.0. The number of hydrogen-bond donors (Lipinski definition) is 1. The topological polar surface area (TPSA) is 53.1 Å². The Morgan fingerprint density at radius 3 is 2.94 bits per heavy atom. The van der Waals surface area contributed by atoms with Crippen LogP contribution in [0.3, 0.4) is 0 Å². The molecule has 0 aromatic carbocycles. The van der Waals surface area contributed by atoms with Gasteiger partial charge in [0.2, 0.25) is 0 Å². The average molecular weight is 225 g/mol. The van der Waals surface area contributed by atoms with Crippen molar-refractivity contribution in [3.05, 3.63) is 18.0 Å². The van der Waals surface area contributed by atoms with E-state index in [1.165, 1.54) is 0 Å². The fourth-order valence-corrected chi connectivity index (χ4v) is 1.84. The molecule has 2 unspecified atom stereocenters.